The SMILES string of the molecule is Cc1cccc(OCC(=O)N[C@@H](c2ccccc2)C2CC2)c1. The fourth-order valence-electron chi connectivity index (χ4n) is 2.63. The van der Waals surface area contributed by atoms with Gasteiger partial charge in [0.25, 0.3) is 5.91 Å². The number of benzene rings is 2. The first-order valence-corrected chi connectivity index (χ1v) is 7.76. The van der Waals surface area contributed by atoms with Crippen molar-refractivity contribution in [3.05, 3.63) is 65.7 Å². The first-order valence-electron chi connectivity index (χ1n) is 7.76. The summed E-state index contributed by atoms with van der Waals surface area (Å²) in [4.78, 5) is 12.2. The summed E-state index contributed by atoms with van der Waals surface area (Å²) in [6.07, 6.45) is 2.36. The smallest absolute Gasteiger partial charge is 0.258 e. The van der Waals surface area contributed by atoms with Crippen molar-refractivity contribution in [2.24, 2.45) is 5.92 Å². The minimum Gasteiger partial charge on any atom is -0.484 e. The van der Waals surface area contributed by atoms with Crippen LogP contribution in [-0.4, -0.2) is 12.5 Å². The number of ether oxygens (including phenoxy) is 1. The molecular formula is C19H21NO2. The molecule has 2 aromatic carbocycles. The van der Waals surface area contributed by atoms with E-state index in [1.807, 2.05) is 49.4 Å². The number of aryl methyl sites for hydroxylation is 1. The van der Waals surface area contributed by atoms with Gasteiger partial charge in [0.15, 0.2) is 6.61 Å². The number of rotatable bonds is 6. The molecule has 0 bridgehead atoms. The quantitative estimate of drug-likeness (QED) is 0.883. The van der Waals surface area contributed by atoms with E-state index in [1.165, 1.54) is 18.4 Å². The van der Waals surface area contributed by atoms with Gasteiger partial charge in [-0.2, -0.15) is 0 Å². The minimum atomic E-state index is -0.0674. The maximum atomic E-state index is 12.2. The molecule has 1 aliphatic rings. The van der Waals surface area contributed by atoms with Crippen LogP contribution in [-0.2, 0) is 4.79 Å². The third kappa shape index (κ3) is 3.88. The van der Waals surface area contributed by atoms with Crippen molar-refractivity contribution in [1.29, 1.82) is 0 Å². The van der Waals surface area contributed by atoms with Crippen LogP contribution in [0.2, 0.25) is 0 Å². The van der Waals surface area contributed by atoms with Crippen LogP contribution < -0.4 is 10.1 Å². The van der Waals surface area contributed by atoms with Gasteiger partial charge in [0.1, 0.15) is 5.75 Å². The van der Waals surface area contributed by atoms with Crippen LogP contribution in [0, 0.1) is 12.8 Å². The Kier molecular flexibility index (Phi) is 4.42. The Hall–Kier alpha value is -2.29. The third-order valence-corrected chi connectivity index (χ3v) is 3.93. The average Bonchev–Trinajstić information content (AvgIpc) is 3.36. The molecule has 0 heterocycles. The van der Waals surface area contributed by atoms with E-state index in [1.54, 1.807) is 0 Å². The lowest BCUT2D eigenvalue weighted by atomic mass is 10.0. The van der Waals surface area contributed by atoms with Crippen LogP contribution in [0.15, 0.2) is 54.6 Å². The fourth-order valence-corrected chi connectivity index (χ4v) is 2.63. The zero-order valence-corrected chi connectivity index (χ0v) is 12.8. The lowest BCUT2D eigenvalue weighted by molar-refractivity contribution is -0.124. The molecule has 1 aliphatic carbocycles. The lowest BCUT2D eigenvalue weighted by Crippen LogP contribution is -2.33. The Bertz CT molecular complexity index is 635. The number of hydrogen-bond acceptors (Lipinski definition) is 2. The largest absolute Gasteiger partial charge is 0.484 e. The van der Waals surface area contributed by atoms with E-state index in [9.17, 15) is 4.79 Å². The molecule has 2 aromatic rings. The molecule has 0 radical (unpaired) electrons. The van der Waals surface area contributed by atoms with E-state index in [-0.39, 0.29) is 18.6 Å². The maximum absolute atomic E-state index is 12.2. The highest BCUT2D eigenvalue weighted by atomic mass is 16.5. The van der Waals surface area contributed by atoms with Crippen LogP contribution in [0.5, 0.6) is 5.75 Å². The van der Waals surface area contributed by atoms with E-state index >= 15 is 0 Å². The zero-order valence-electron chi connectivity index (χ0n) is 12.8. The summed E-state index contributed by atoms with van der Waals surface area (Å²) >= 11 is 0. The first kappa shape index (κ1) is 14.6. The summed E-state index contributed by atoms with van der Waals surface area (Å²) < 4.78 is 5.57. The normalized spacial score (nSPS) is 15.1. The molecule has 3 rings (SSSR count). The van der Waals surface area contributed by atoms with Crippen LogP contribution in [0.25, 0.3) is 0 Å². The minimum absolute atomic E-state index is 0.0551. The second-order valence-corrected chi connectivity index (χ2v) is 5.90. The van der Waals surface area contributed by atoms with Crippen molar-refractivity contribution in [1.82, 2.24) is 5.32 Å². The van der Waals surface area contributed by atoms with Gasteiger partial charge in [-0.25, -0.2) is 0 Å². The van der Waals surface area contributed by atoms with Crippen LogP contribution in [0.3, 0.4) is 0 Å². The highest BCUT2D eigenvalue weighted by Gasteiger charge is 2.33. The van der Waals surface area contributed by atoms with Gasteiger partial charge in [0, 0.05) is 0 Å². The van der Waals surface area contributed by atoms with Crippen LogP contribution in [0.1, 0.15) is 30.0 Å². The van der Waals surface area contributed by atoms with Crippen molar-refractivity contribution in [2.75, 3.05) is 6.61 Å². The molecule has 1 fully saturated rings. The zero-order chi connectivity index (χ0) is 15.4. The highest BCUT2D eigenvalue weighted by molar-refractivity contribution is 5.78. The van der Waals surface area contributed by atoms with E-state index in [0.29, 0.717) is 5.92 Å². The van der Waals surface area contributed by atoms with Gasteiger partial charge in [-0.3, -0.25) is 4.79 Å². The van der Waals surface area contributed by atoms with Gasteiger partial charge in [0.05, 0.1) is 6.04 Å². The predicted octanol–water partition coefficient (Wildman–Crippen LogP) is 3.64. The Morgan fingerprint density at radius 2 is 1.95 bits per heavy atom. The number of carbonyl (C=O) groups is 1. The molecule has 1 N–H and O–H groups in total. The van der Waals surface area contributed by atoms with E-state index < -0.39 is 0 Å². The molecule has 1 amide bonds. The van der Waals surface area contributed by atoms with Crippen molar-refractivity contribution in [3.8, 4) is 5.75 Å². The summed E-state index contributed by atoms with van der Waals surface area (Å²) in [7, 11) is 0. The molecule has 114 valence electrons. The van der Waals surface area contributed by atoms with Gasteiger partial charge in [-0.15, -0.1) is 0 Å². The molecule has 0 unspecified atom stereocenters. The molecule has 0 aliphatic heterocycles. The Balaban J connectivity index is 1.58. The van der Waals surface area contributed by atoms with Crippen molar-refractivity contribution in [3.63, 3.8) is 0 Å². The molecule has 0 saturated heterocycles. The number of hydrogen-bond donors (Lipinski definition) is 1. The summed E-state index contributed by atoms with van der Waals surface area (Å²) in [5.74, 6) is 1.23. The van der Waals surface area contributed by atoms with E-state index in [4.69, 9.17) is 4.74 Å². The molecule has 1 saturated carbocycles. The molecule has 0 spiro atoms. The number of nitrogens with one attached hydrogen (secondary N) is 1. The van der Waals surface area contributed by atoms with Crippen molar-refractivity contribution < 1.29 is 9.53 Å². The second-order valence-electron chi connectivity index (χ2n) is 5.90. The van der Waals surface area contributed by atoms with E-state index in [0.717, 1.165) is 11.3 Å². The molecule has 0 aromatic heterocycles. The summed E-state index contributed by atoms with van der Waals surface area (Å²) in [5, 5.41) is 3.12. The van der Waals surface area contributed by atoms with Gasteiger partial charge in [-0.05, 0) is 48.9 Å². The lowest BCUT2D eigenvalue weighted by Gasteiger charge is -2.19. The van der Waals surface area contributed by atoms with Gasteiger partial charge >= 0.3 is 0 Å². The molecule has 3 nitrogen and oxygen atoms in total. The topological polar surface area (TPSA) is 38.3 Å². The van der Waals surface area contributed by atoms with Gasteiger partial charge in [0.2, 0.25) is 0 Å². The maximum Gasteiger partial charge on any atom is 0.258 e. The Morgan fingerprint density at radius 3 is 2.64 bits per heavy atom. The number of amides is 1. The Labute approximate surface area is 131 Å². The molecule has 22 heavy (non-hydrogen) atoms. The van der Waals surface area contributed by atoms with Crippen LogP contribution in [0.4, 0.5) is 0 Å². The summed E-state index contributed by atoms with van der Waals surface area (Å²) in [5.41, 5.74) is 2.30. The summed E-state index contributed by atoms with van der Waals surface area (Å²) in [6.45, 7) is 2.06. The summed E-state index contributed by atoms with van der Waals surface area (Å²) in [6, 6.07) is 18.0. The first-order chi connectivity index (χ1) is 10.7. The van der Waals surface area contributed by atoms with Gasteiger partial charge in [-0.1, -0.05) is 42.5 Å². The monoisotopic (exact) mass is 295 g/mol. The number of carbonyl (C=O) groups excluding carboxylic acids is 1. The average molecular weight is 295 g/mol. The van der Waals surface area contributed by atoms with Gasteiger partial charge < -0.3 is 10.1 Å². The highest BCUT2D eigenvalue weighted by Crippen LogP contribution is 2.40. The molecular weight excluding hydrogens is 274 g/mol. The third-order valence-electron chi connectivity index (χ3n) is 3.93. The molecule has 1 atom stereocenters. The van der Waals surface area contributed by atoms with E-state index in [2.05, 4.69) is 17.4 Å². The van der Waals surface area contributed by atoms with Crippen LogP contribution >= 0.6 is 0 Å². The predicted molar refractivity (Wildman–Crippen MR) is 86.7 cm³/mol. The Morgan fingerprint density at radius 1 is 1.18 bits per heavy atom. The fraction of sp³-hybridized carbons (Fsp3) is 0.316. The van der Waals surface area contributed by atoms with Crippen molar-refractivity contribution in [2.45, 2.75) is 25.8 Å². The second kappa shape index (κ2) is 6.65. The standard InChI is InChI=1S/C19H21NO2/c1-14-6-5-9-17(12-14)22-13-18(21)20-19(16-10-11-16)15-7-3-2-4-8-15/h2-9,12,16,19H,10-11,13H2,1H3,(H,20,21)/t19-/m0/s1. The molecule has 3 heteroatoms. The van der Waals surface area contributed by atoms with Crippen molar-refractivity contribution >= 4 is 5.91 Å².